The highest BCUT2D eigenvalue weighted by atomic mass is 32.2. The second kappa shape index (κ2) is 5.61. The van der Waals surface area contributed by atoms with Crippen molar-refractivity contribution in [2.75, 3.05) is 11.6 Å². The molecular weight excluding hydrogens is 248 g/mol. The van der Waals surface area contributed by atoms with E-state index in [1.54, 1.807) is 12.1 Å². The zero-order valence-corrected chi connectivity index (χ0v) is 11.5. The summed E-state index contributed by atoms with van der Waals surface area (Å²) >= 11 is 1.91. The summed E-state index contributed by atoms with van der Waals surface area (Å²) in [5.41, 5.74) is 2.12. The van der Waals surface area contributed by atoms with Crippen LogP contribution >= 0.6 is 11.8 Å². The van der Waals surface area contributed by atoms with Gasteiger partial charge in [0.1, 0.15) is 0 Å². The number of aryl methyl sites for hydroxylation is 1. The number of hydrogen-bond donors (Lipinski definition) is 1. The Hall–Kier alpha value is -1.23. The van der Waals surface area contributed by atoms with E-state index in [9.17, 15) is 10.1 Å². The predicted molar refractivity (Wildman–Crippen MR) is 76.4 cm³/mol. The Balaban J connectivity index is 2.09. The topological polar surface area (TPSA) is 55.2 Å². The van der Waals surface area contributed by atoms with Crippen molar-refractivity contribution in [1.29, 1.82) is 0 Å². The second-order valence-electron chi connectivity index (χ2n) is 4.77. The van der Waals surface area contributed by atoms with E-state index in [1.165, 1.54) is 6.42 Å². The molecule has 1 N–H and O–H groups in total. The van der Waals surface area contributed by atoms with E-state index >= 15 is 0 Å². The van der Waals surface area contributed by atoms with E-state index in [1.807, 2.05) is 24.8 Å². The van der Waals surface area contributed by atoms with Crippen LogP contribution in [0.25, 0.3) is 0 Å². The number of non-ortho nitro benzene ring substituents is 1. The first-order valence-corrected chi connectivity index (χ1v) is 7.43. The smallest absolute Gasteiger partial charge is 0.271 e. The molecule has 1 aliphatic carbocycles. The number of nitrogens with one attached hydrogen (secondary N) is 1. The molecule has 0 saturated heterocycles. The summed E-state index contributed by atoms with van der Waals surface area (Å²) in [6, 6.07) is 5.45. The molecule has 5 heteroatoms. The Morgan fingerprint density at radius 3 is 2.83 bits per heavy atom. The molecule has 1 aliphatic rings. The molecule has 0 bridgehead atoms. The van der Waals surface area contributed by atoms with E-state index in [0.29, 0.717) is 6.04 Å². The number of hydrogen-bond acceptors (Lipinski definition) is 4. The number of nitrogens with zero attached hydrogens (tertiary/aromatic N) is 1. The summed E-state index contributed by atoms with van der Waals surface area (Å²) in [5.74, 6) is 0. The molecule has 0 aromatic heterocycles. The Labute approximate surface area is 111 Å². The SMILES string of the molecule is CSC1CCC(Nc2cc([N+](=O)[O-])ccc2C)C1. The zero-order chi connectivity index (χ0) is 13.1. The molecule has 1 aromatic rings. The maximum Gasteiger partial charge on any atom is 0.271 e. The molecule has 98 valence electrons. The lowest BCUT2D eigenvalue weighted by molar-refractivity contribution is -0.384. The molecule has 18 heavy (non-hydrogen) atoms. The van der Waals surface area contributed by atoms with Crippen LogP contribution in [-0.4, -0.2) is 22.5 Å². The Bertz CT molecular complexity index is 451. The van der Waals surface area contributed by atoms with Crippen molar-refractivity contribution in [3.63, 3.8) is 0 Å². The number of anilines is 1. The first kappa shape index (κ1) is 13.2. The minimum Gasteiger partial charge on any atom is -0.382 e. The van der Waals surface area contributed by atoms with Gasteiger partial charge in [-0.2, -0.15) is 11.8 Å². The summed E-state index contributed by atoms with van der Waals surface area (Å²) in [6.45, 7) is 1.98. The van der Waals surface area contributed by atoms with Gasteiger partial charge in [-0.05, 0) is 38.0 Å². The van der Waals surface area contributed by atoms with Crippen LogP contribution in [-0.2, 0) is 0 Å². The zero-order valence-electron chi connectivity index (χ0n) is 10.7. The van der Waals surface area contributed by atoms with Crippen molar-refractivity contribution in [2.24, 2.45) is 0 Å². The van der Waals surface area contributed by atoms with Gasteiger partial charge in [0.05, 0.1) is 4.92 Å². The first-order valence-electron chi connectivity index (χ1n) is 6.14. The van der Waals surface area contributed by atoms with Crippen LogP contribution in [0.15, 0.2) is 18.2 Å². The van der Waals surface area contributed by atoms with Gasteiger partial charge in [-0.15, -0.1) is 0 Å². The van der Waals surface area contributed by atoms with Crippen LogP contribution in [0.1, 0.15) is 24.8 Å². The fourth-order valence-corrected chi connectivity index (χ4v) is 3.18. The number of benzene rings is 1. The molecular formula is C13H18N2O2S. The average molecular weight is 266 g/mol. The van der Waals surface area contributed by atoms with Crippen LogP contribution in [0, 0.1) is 17.0 Å². The Morgan fingerprint density at radius 2 is 2.22 bits per heavy atom. The van der Waals surface area contributed by atoms with Gasteiger partial charge in [0.25, 0.3) is 5.69 Å². The minimum absolute atomic E-state index is 0.155. The van der Waals surface area contributed by atoms with Gasteiger partial charge >= 0.3 is 0 Å². The van der Waals surface area contributed by atoms with Crippen LogP contribution < -0.4 is 5.32 Å². The number of rotatable bonds is 4. The molecule has 1 aromatic carbocycles. The minimum atomic E-state index is -0.343. The Morgan fingerprint density at radius 1 is 1.44 bits per heavy atom. The average Bonchev–Trinajstić information content (AvgIpc) is 2.79. The van der Waals surface area contributed by atoms with Crippen molar-refractivity contribution < 1.29 is 4.92 Å². The van der Waals surface area contributed by atoms with Crippen LogP contribution in [0.4, 0.5) is 11.4 Å². The van der Waals surface area contributed by atoms with Gasteiger partial charge < -0.3 is 5.32 Å². The highest BCUT2D eigenvalue weighted by Crippen LogP contribution is 2.31. The van der Waals surface area contributed by atoms with E-state index in [2.05, 4.69) is 11.6 Å². The monoisotopic (exact) mass is 266 g/mol. The largest absolute Gasteiger partial charge is 0.382 e. The summed E-state index contributed by atoms with van der Waals surface area (Å²) in [4.78, 5) is 10.4. The molecule has 0 aliphatic heterocycles. The van der Waals surface area contributed by atoms with Crippen LogP contribution in [0.2, 0.25) is 0 Å². The fourth-order valence-electron chi connectivity index (χ4n) is 2.38. The normalized spacial score (nSPS) is 23.0. The fraction of sp³-hybridized carbons (Fsp3) is 0.538. The van der Waals surface area contributed by atoms with Crippen molar-refractivity contribution in [2.45, 2.75) is 37.5 Å². The van der Waals surface area contributed by atoms with E-state index in [0.717, 1.165) is 29.3 Å². The summed E-state index contributed by atoms with van der Waals surface area (Å²) in [7, 11) is 0. The maximum atomic E-state index is 10.8. The molecule has 1 fully saturated rings. The quantitative estimate of drug-likeness (QED) is 0.668. The molecule has 0 radical (unpaired) electrons. The molecule has 2 unspecified atom stereocenters. The Kier molecular flexibility index (Phi) is 4.11. The molecule has 4 nitrogen and oxygen atoms in total. The summed E-state index contributed by atoms with van der Waals surface area (Å²) < 4.78 is 0. The third kappa shape index (κ3) is 2.96. The van der Waals surface area contributed by atoms with E-state index < -0.39 is 0 Å². The van der Waals surface area contributed by atoms with Gasteiger partial charge in [-0.1, -0.05) is 6.07 Å². The highest BCUT2D eigenvalue weighted by molar-refractivity contribution is 7.99. The third-order valence-electron chi connectivity index (χ3n) is 3.51. The molecule has 2 rings (SSSR count). The van der Waals surface area contributed by atoms with Gasteiger partial charge in [-0.25, -0.2) is 0 Å². The van der Waals surface area contributed by atoms with Crippen molar-refractivity contribution >= 4 is 23.1 Å². The van der Waals surface area contributed by atoms with Crippen molar-refractivity contribution in [1.82, 2.24) is 0 Å². The lowest BCUT2D eigenvalue weighted by atomic mass is 10.1. The van der Waals surface area contributed by atoms with Gasteiger partial charge in [-0.3, -0.25) is 10.1 Å². The lowest BCUT2D eigenvalue weighted by Gasteiger charge is -2.16. The van der Waals surface area contributed by atoms with Crippen LogP contribution in [0.3, 0.4) is 0 Å². The number of thioether (sulfide) groups is 1. The van der Waals surface area contributed by atoms with Crippen molar-refractivity contribution in [3.8, 4) is 0 Å². The molecule has 0 heterocycles. The maximum absolute atomic E-state index is 10.8. The molecule has 1 saturated carbocycles. The molecule has 2 atom stereocenters. The highest BCUT2D eigenvalue weighted by Gasteiger charge is 2.24. The van der Waals surface area contributed by atoms with Crippen molar-refractivity contribution in [3.05, 3.63) is 33.9 Å². The summed E-state index contributed by atoms with van der Waals surface area (Å²) in [5, 5.41) is 14.9. The van der Waals surface area contributed by atoms with Gasteiger partial charge in [0.2, 0.25) is 0 Å². The number of nitro benzene ring substituents is 1. The van der Waals surface area contributed by atoms with Gasteiger partial charge in [0.15, 0.2) is 0 Å². The summed E-state index contributed by atoms with van der Waals surface area (Å²) in [6.07, 6.45) is 5.66. The van der Waals surface area contributed by atoms with E-state index in [-0.39, 0.29) is 10.6 Å². The van der Waals surface area contributed by atoms with Crippen LogP contribution in [0.5, 0.6) is 0 Å². The molecule has 0 spiro atoms. The first-order chi connectivity index (χ1) is 8.60. The molecule has 0 amide bonds. The van der Waals surface area contributed by atoms with E-state index in [4.69, 9.17) is 0 Å². The lowest BCUT2D eigenvalue weighted by Crippen LogP contribution is -2.16. The van der Waals surface area contributed by atoms with Gasteiger partial charge in [0, 0.05) is 29.1 Å². The predicted octanol–water partition coefficient (Wildman–Crippen LogP) is 3.60. The number of nitro groups is 1. The second-order valence-corrected chi connectivity index (χ2v) is 5.91. The standard InChI is InChI=1S/C13H18N2O2S/c1-9-3-5-11(15(16)17)8-13(9)14-10-4-6-12(7-10)18-2/h3,5,8,10,12,14H,4,6-7H2,1-2H3. The third-order valence-corrected chi connectivity index (χ3v) is 4.60.